The number of rotatable bonds is 2. The maximum Gasteiger partial charge on any atom is 0.192 e. The van der Waals surface area contributed by atoms with E-state index in [1.165, 1.54) is 44.9 Å². The van der Waals surface area contributed by atoms with Crippen LogP contribution in [0.4, 0.5) is 0 Å². The predicted octanol–water partition coefficient (Wildman–Crippen LogP) is 7.17. The van der Waals surface area contributed by atoms with E-state index in [0.29, 0.717) is 22.0 Å². The Morgan fingerprint density at radius 3 is 2.14 bits per heavy atom. The van der Waals surface area contributed by atoms with Crippen LogP contribution in [0, 0.1) is 34.5 Å². The lowest BCUT2D eigenvalue weighted by atomic mass is 9.44. The quantitative estimate of drug-likeness (QED) is 0.480. The molecule has 0 amide bonds. The van der Waals surface area contributed by atoms with Gasteiger partial charge in [-0.15, -0.1) is 0 Å². The first kappa shape index (κ1) is 22.3. The molecular weight excluding hydrogens is 372 g/mol. The van der Waals surface area contributed by atoms with Crippen LogP contribution in [0.2, 0.25) is 18.1 Å². The maximum absolute atomic E-state index is 10.7. The molecule has 4 rings (SSSR count). The molecule has 0 aromatic heterocycles. The van der Waals surface area contributed by atoms with Gasteiger partial charge in [0.1, 0.15) is 0 Å². The Morgan fingerprint density at radius 1 is 0.828 bits per heavy atom. The van der Waals surface area contributed by atoms with Crippen LogP contribution in [0.15, 0.2) is 0 Å². The molecule has 8 atom stereocenters. The molecular formula is C26H48O2Si. The number of hydrogen-bond donors (Lipinski definition) is 1. The zero-order valence-corrected chi connectivity index (χ0v) is 21.6. The van der Waals surface area contributed by atoms with E-state index < -0.39 is 13.9 Å². The molecule has 29 heavy (non-hydrogen) atoms. The van der Waals surface area contributed by atoms with Gasteiger partial charge in [0.2, 0.25) is 0 Å². The highest BCUT2D eigenvalue weighted by Gasteiger charge is 2.61. The number of aliphatic hydroxyl groups is 1. The van der Waals surface area contributed by atoms with Gasteiger partial charge in [-0.1, -0.05) is 34.6 Å². The molecule has 0 radical (unpaired) electrons. The van der Waals surface area contributed by atoms with Crippen LogP contribution in [-0.4, -0.2) is 25.1 Å². The van der Waals surface area contributed by atoms with Crippen molar-refractivity contribution in [1.29, 1.82) is 0 Å². The van der Waals surface area contributed by atoms with Crippen molar-refractivity contribution in [1.82, 2.24) is 0 Å². The summed E-state index contributed by atoms with van der Waals surface area (Å²) in [6, 6.07) is 0. The Kier molecular flexibility index (Phi) is 5.25. The van der Waals surface area contributed by atoms with E-state index in [4.69, 9.17) is 4.43 Å². The molecule has 1 N–H and O–H groups in total. The highest BCUT2D eigenvalue weighted by atomic mass is 28.4. The van der Waals surface area contributed by atoms with E-state index in [9.17, 15) is 5.11 Å². The average Bonchev–Trinajstić information content (AvgIpc) is 2.90. The molecule has 0 aliphatic heterocycles. The molecule has 4 saturated carbocycles. The van der Waals surface area contributed by atoms with Gasteiger partial charge in [0.15, 0.2) is 8.32 Å². The summed E-state index contributed by atoms with van der Waals surface area (Å²) in [4.78, 5) is 0. The Labute approximate surface area is 181 Å². The lowest BCUT2D eigenvalue weighted by Crippen LogP contribution is -2.56. The van der Waals surface area contributed by atoms with E-state index in [1.807, 2.05) is 0 Å². The minimum absolute atomic E-state index is 0.295. The van der Waals surface area contributed by atoms with Crippen molar-refractivity contribution >= 4 is 8.32 Å². The fraction of sp³-hybridized carbons (Fsp3) is 1.00. The summed E-state index contributed by atoms with van der Waals surface area (Å²) in [5.74, 6) is 3.36. The van der Waals surface area contributed by atoms with Gasteiger partial charge in [-0.2, -0.15) is 0 Å². The normalized spacial score (nSPS) is 50.6. The van der Waals surface area contributed by atoms with Gasteiger partial charge >= 0.3 is 0 Å². The van der Waals surface area contributed by atoms with Gasteiger partial charge < -0.3 is 9.53 Å². The van der Waals surface area contributed by atoms with Crippen molar-refractivity contribution in [2.24, 2.45) is 34.5 Å². The topological polar surface area (TPSA) is 29.5 Å². The van der Waals surface area contributed by atoms with E-state index in [0.717, 1.165) is 36.5 Å². The maximum atomic E-state index is 10.7. The number of hydrogen-bond acceptors (Lipinski definition) is 2. The summed E-state index contributed by atoms with van der Waals surface area (Å²) in [6.45, 7) is 19.3. The molecule has 3 heteroatoms. The smallest absolute Gasteiger partial charge is 0.192 e. The minimum atomic E-state index is -1.72. The van der Waals surface area contributed by atoms with E-state index >= 15 is 0 Å². The van der Waals surface area contributed by atoms with Crippen LogP contribution >= 0.6 is 0 Å². The zero-order chi connectivity index (χ0) is 21.5. The van der Waals surface area contributed by atoms with Crippen LogP contribution in [-0.2, 0) is 4.43 Å². The van der Waals surface area contributed by atoms with Crippen LogP contribution in [0.1, 0.15) is 99.3 Å². The second kappa shape index (κ2) is 6.82. The van der Waals surface area contributed by atoms with Gasteiger partial charge in [0, 0.05) is 0 Å². The first-order valence-corrected chi connectivity index (χ1v) is 15.5. The Morgan fingerprint density at radius 2 is 1.48 bits per heavy atom. The molecule has 0 unspecified atom stereocenters. The first-order chi connectivity index (χ1) is 13.2. The van der Waals surface area contributed by atoms with E-state index in [2.05, 4.69) is 54.6 Å². The molecule has 0 aromatic rings. The molecule has 0 heterocycles. The highest BCUT2D eigenvalue weighted by molar-refractivity contribution is 6.74. The average molecular weight is 421 g/mol. The van der Waals surface area contributed by atoms with Crippen LogP contribution in [0.3, 0.4) is 0 Å². The molecule has 4 aliphatic carbocycles. The van der Waals surface area contributed by atoms with Gasteiger partial charge in [0.05, 0.1) is 11.7 Å². The summed E-state index contributed by atoms with van der Waals surface area (Å²) in [6.07, 6.45) is 11.9. The fourth-order valence-corrected chi connectivity index (χ4v) is 9.56. The van der Waals surface area contributed by atoms with Gasteiger partial charge in [-0.25, -0.2) is 0 Å². The third-order valence-electron chi connectivity index (χ3n) is 11.1. The van der Waals surface area contributed by atoms with Crippen molar-refractivity contribution < 1.29 is 9.53 Å². The SMILES string of the molecule is CC(C)(C)[Si](C)(C)O[C@H]1CC[C@H]2[C@@H]3CC[C@H]4C[C@@](C)(O)CC[C@]4(C)[C@H]3CC[C@]12C. The van der Waals surface area contributed by atoms with Crippen molar-refractivity contribution in [3.63, 3.8) is 0 Å². The van der Waals surface area contributed by atoms with Crippen molar-refractivity contribution in [3.8, 4) is 0 Å². The second-order valence-corrected chi connectivity index (χ2v) is 18.6. The first-order valence-electron chi connectivity index (χ1n) is 12.6. The predicted molar refractivity (Wildman–Crippen MR) is 124 cm³/mol. The summed E-state index contributed by atoms with van der Waals surface area (Å²) in [7, 11) is -1.72. The third kappa shape index (κ3) is 3.50. The molecule has 0 aromatic carbocycles. The van der Waals surface area contributed by atoms with Crippen LogP contribution in [0.25, 0.3) is 0 Å². The Hall–Kier alpha value is 0.137. The van der Waals surface area contributed by atoms with Gasteiger partial charge in [-0.05, 0) is 117 Å². The standard InChI is InChI=1S/C26H48O2Si/c1-23(2,3)29(7,8)28-22-12-11-20-19-10-9-18-17-24(4,27)15-16-25(18,5)21(19)13-14-26(20,22)6/h18-22,27H,9-17H2,1-8H3/t18-,19-,20-,21-,22-,24-,25-,26-/m0/s1. The van der Waals surface area contributed by atoms with E-state index in [-0.39, 0.29) is 0 Å². The van der Waals surface area contributed by atoms with E-state index in [1.54, 1.807) is 0 Å². The largest absolute Gasteiger partial charge is 0.413 e. The van der Waals surface area contributed by atoms with Gasteiger partial charge in [0.25, 0.3) is 0 Å². The minimum Gasteiger partial charge on any atom is -0.413 e. The molecule has 0 spiro atoms. The van der Waals surface area contributed by atoms with Gasteiger partial charge in [-0.3, -0.25) is 0 Å². The summed E-state index contributed by atoms with van der Waals surface area (Å²) >= 11 is 0. The Bertz CT molecular complexity index is 635. The van der Waals surface area contributed by atoms with Crippen molar-refractivity contribution in [3.05, 3.63) is 0 Å². The highest BCUT2D eigenvalue weighted by Crippen LogP contribution is 2.67. The van der Waals surface area contributed by atoms with Crippen molar-refractivity contribution in [2.45, 2.75) is 129 Å². The summed E-state index contributed by atoms with van der Waals surface area (Å²) < 4.78 is 7.08. The van der Waals surface area contributed by atoms with Crippen molar-refractivity contribution in [2.75, 3.05) is 0 Å². The summed E-state index contributed by atoms with van der Waals surface area (Å²) in [5.41, 5.74) is 0.431. The molecule has 0 saturated heterocycles. The third-order valence-corrected chi connectivity index (χ3v) is 15.6. The molecule has 4 fully saturated rings. The Balaban J connectivity index is 1.54. The number of fused-ring (bicyclic) bond motifs is 5. The molecule has 2 nitrogen and oxygen atoms in total. The molecule has 168 valence electrons. The fourth-order valence-electron chi connectivity index (χ4n) is 8.11. The van der Waals surface area contributed by atoms with Crippen LogP contribution < -0.4 is 0 Å². The molecule has 0 bridgehead atoms. The lowest BCUT2D eigenvalue weighted by molar-refractivity contribution is -0.149. The summed E-state index contributed by atoms with van der Waals surface area (Å²) in [5, 5.41) is 11.0. The monoisotopic (exact) mass is 420 g/mol. The van der Waals surface area contributed by atoms with Crippen LogP contribution in [0.5, 0.6) is 0 Å². The molecule has 4 aliphatic rings. The zero-order valence-electron chi connectivity index (χ0n) is 20.6. The second-order valence-electron chi connectivity index (χ2n) is 13.8. The lowest BCUT2D eigenvalue weighted by Gasteiger charge is -2.62.